The Hall–Kier alpha value is -1.33. The van der Waals surface area contributed by atoms with Crippen molar-refractivity contribution in [1.82, 2.24) is 0 Å². The highest BCUT2D eigenvalue weighted by molar-refractivity contribution is 5.26. The van der Waals surface area contributed by atoms with E-state index in [-0.39, 0.29) is 5.41 Å². The minimum Gasteiger partial charge on any atom is -0.378 e. The Balaban J connectivity index is 2.01. The number of nitrogens with zero attached hydrogens (tertiary/aromatic N) is 1. The van der Waals surface area contributed by atoms with Crippen molar-refractivity contribution in [2.24, 2.45) is 11.3 Å². The third-order valence-electron chi connectivity index (χ3n) is 3.20. The molecule has 1 aromatic carbocycles. The molecule has 1 aliphatic heterocycles. The van der Waals surface area contributed by atoms with Crippen LogP contribution in [-0.4, -0.2) is 13.2 Å². The van der Waals surface area contributed by atoms with Crippen LogP contribution in [0.25, 0.3) is 0 Å². The van der Waals surface area contributed by atoms with Crippen molar-refractivity contribution in [2.45, 2.75) is 26.7 Å². The van der Waals surface area contributed by atoms with E-state index in [9.17, 15) is 0 Å². The predicted molar refractivity (Wildman–Crippen MR) is 67.6 cm³/mol. The standard InChI is InChI=1S/C15H19NO/c1-12(2)7-13-3-5-14(6-4-13)8-15(9-16)10-17-11-15/h3-6,12H,7-8,10-11H2,1-2H3. The highest BCUT2D eigenvalue weighted by Crippen LogP contribution is 2.30. The molecule has 1 aromatic rings. The van der Waals surface area contributed by atoms with Crippen molar-refractivity contribution >= 4 is 0 Å². The fourth-order valence-electron chi connectivity index (χ4n) is 2.21. The first-order chi connectivity index (χ1) is 8.13. The van der Waals surface area contributed by atoms with Crippen LogP contribution in [0.2, 0.25) is 0 Å². The topological polar surface area (TPSA) is 33.0 Å². The summed E-state index contributed by atoms with van der Waals surface area (Å²) >= 11 is 0. The van der Waals surface area contributed by atoms with E-state index < -0.39 is 0 Å². The van der Waals surface area contributed by atoms with E-state index >= 15 is 0 Å². The Bertz CT molecular complexity index is 410. The molecule has 0 aromatic heterocycles. The van der Waals surface area contributed by atoms with E-state index in [0.717, 1.165) is 12.8 Å². The fraction of sp³-hybridized carbons (Fsp3) is 0.533. The van der Waals surface area contributed by atoms with Gasteiger partial charge in [0.25, 0.3) is 0 Å². The van der Waals surface area contributed by atoms with Gasteiger partial charge in [-0.15, -0.1) is 0 Å². The second-order valence-electron chi connectivity index (χ2n) is 5.48. The first kappa shape index (κ1) is 12.1. The minimum absolute atomic E-state index is 0.264. The normalized spacial score (nSPS) is 17.5. The SMILES string of the molecule is CC(C)Cc1ccc(CC2(C#N)COC2)cc1. The van der Waals surface area contributed by atoms with E-state index in [1.54, 1.807) is 0 Å². The van der Waals surface area contributed by atoms with Gasteiger partial charge < -0.3 is 4.74 Å². The third-order valence-corrected chi connectivity index (χ3v) is 3.20. The zero-order valence-corrected chi connectivity index (χ0v) is 10.6. The van der Waals surface area contributed by atoms with Crippen LogP contribution in [0.5, 0.6) is 0 Å². The summed E-state index contributed by atoms with van der Waals surface area (Å²) in [7, 11) is 0. The number of hydrogen-bond donors (Lipinski definition) is 0. The lowest BCUT2D eigenvalue weighted by atomic mass is 9.81. The minimum atomic E-state index is -0.264. The first-order valence-electron chi connectivity index (χ1n) is 6.20. The third kappa shape index (κ3) is 2.87. The van der Waals surface area contributed by atoms with Gasteiger partial charge in [-0.3, -0.25) is 0 Å². The maximum atomic E-state index is 9.14. The zero-order chi connectivity index (χ0) is 12.3. The molecule has 2 heteroatoms. The predicted octanol–water partition coefficient (Wildman–Crippen LogP) is 2.97. The van der Waals surface area contributed by atoms with E-state index in [2.05, 4.69) is 44.2 Å². The van der Waals surface area contributed by atoms with Crippen molar-refractivity contribution in [2.75, 3.05) is 13.2 Å². The maximum absolute atomic E-state index is 9.14. The monoisotopic (exact) mass is 229 g/mol. The van der Waals surface area contributed by atoms with Crippen molar-refractivity contribution in [3.05, 3.63) is 35.4 Å². The molecule has 0 spiro atoms. The van der Waals surface area contributed by atoms with Crippen molar-refractivity contribution in [3.8, 4) is 6.07 Å². The molecule has 2 rings (SSSR count). The number of benzene rings is 1. The second-order valence-corrected chi connectivity index (χ2v) is 5.48. The van der Waals surface area contributed by atoms with Gasteiger partial charge in [-0.2, -0.15) is 5.26 Å². The Kier molecular flexibility index (Phi) is 3.49. The Labute approximate surface area is 103 Å². The smallest absolute Gasteiger partial charge is 0.108 e. The lowest BCUT2D eigenvalue weighted by molar-refractivity contribution is -0.0765. The molecule has 1 fully saturated rings. The van der Waals surface area contributed by atoms with Gasteiger partial charge in [-0.25, -0.2) is 0 Å². The molecule has 17 heavy (non-hydrogen) atoms. The van der Waals surface area contributed by atoms with Gasteiger partial charge >= 0.3 is 0 Å². The molecular formula is C15H19NO. The average molecular weight is 229 g/mol. The molecule has 2 nitrogen and oxygen atoms in total. The van der Waals surface area contributed by atoms with Crippen LogP contribution < -0.4 is 0 Å². The van der Waals surface area contributed by atoms with Crippen LogP contribution in [0.3, 0.4) is 0 Å². The molecule has 0 aliphatic carbocycles. The maximum Gasteiger partial charge on any atom is 0.108 e. The van der Waals surface area contributed by atoms with Crippen LogP contribution >= 0.6 is 0 Å². The summed E-state index contributed by atoms with van der Waals surface area (Å²) in [5.41, 5.74) is 2.35. The van der Waals surface area contributed by atoms with Crippen LogP contribution in [0.15, 0.2) is 24.3 Å². The van der Waals surface area contributed by atoms with Gasteiger partial charge in [0, 0.05) is 0 Å². The molecule has 1 saturated heterocycles. The average Bonchev–Trinajstić information content (AvgIpc) is 2.25. The number of hydrogen-bond acceptors (Lipinski definition) is 2. The molecule has 90 valence electrons. The van der Waals surface area contributed by atoms with Crippen LogP contribution in [0.1, 0.15) is 25.0 Å². The molecule has 0 bridgehead atoms. The van der Waals surface area contributed by atoms with Crippen molar-refractivity contribution in [1.29, 1.82) is 5.26 Å². The summed E-state index contributed by atoms with van der Waals surface area (Å²) in [6.45, 7) is 5.61. The van der Waals surface area contributed by atoms with Gasteiger partial charge in [0.05, 0.1) is 19.3 Å². The Morgan fingerprint density at radius 1 is 1.24 bits per heavy atom. The van der Waals surface area contributed by atoms with E-state index in [1.807, 2.05) is 0 Å². The highest BCUT2D eigenvalue weighted by Gasteiger charge is 2.38. The van der Waals surface area contributed by atoms with E-state index in [0.29, 0.717) is 19.1 Å². The molecule has 1 heterocycles. The Morgan fingerprint density at radius 2 is 1.82 bits per heavy atom. The molecule has 0 amide bonds. The second kappa shape index (κ2) is 4.89. The van der Waals surface area contributed by atoms with Crippen LogP contribution in [0.4, 0.5) is 0 Å². The molecule has 0 saturated carbocycles. The summed E-state index contributed by atoms with van der Waals surface area (Å²) in [5.74, 6) is 0.686. The van der Waals surface area contributed by atoms with Crippen LogP contribution in [0, 0.1) is 22.7 Å². The summed E-state index contributed by atoms with van der Waals surface area (Å²) in [4.78, 5) is 0. The molecule has 0 atom stereocenters. The van der Waals surface area contributed by atoms with E-state index in [1.165, 1.54) is 11.1 Å². The summed E-state index contributed by atoms with van der Waals surface area (Å²) in [6, 6.07) is 11.0. The zero-order valence-electron chi connectivity index (χ0n) is 10.6. The summed E-state index contributed by atoms with van der Waals surface area (Å²) in [6.07, 6.45) is 1.93. The molecule has 0 N–H and O–H groups in total. The van der Waals surface area contributed by atoms with Gasteiger partial charge in [0.15, 0.2) is 0 Å². The highest BCUT2D eigenvalue weighted by atomic mass is 16.5. The van der Waals surface area contributed by atoms with Crippen molar-refractivity contribution < 1.29 is 4.74 Å². The van der Waals surface area contributed by atoms with E-state index in [4.69, 9.17) is 10.00 Å². The summed E-state index contributed by atoms with van der Waals surface area (Å²) in [5, 5.41) is 9.14. The number of ether oxygens (including phenoxy) is 1. The fourth-order valence-corrected chi connectivity index (χ4v) is 2.21. The lowest BCUT2D eigenvalue weighted by Crippen LogP contribution is -2.43. The van der Waals surface area contributed by atoms with Gasteiger partial charge in [-0.1, -0.05) is 38.1 Å². The quantitative estimate of drug-likeness (QED) is 0.795. The van der Waals surface area contributed by atoms with Crippen LogP contribution in [-0.2, 0) is 17.6 Å². The number of nitriles is 1. The Morgan fingerprint density at radius 3 is 2.24 bits per heavy atom. The molecule has 1 aliphatic rings. The van der Waals surface area contributed by atoms with Gasteiger partial charge in [0.2, 0.25) is 0 Å². The molecule has 0 radical (unpaired) electrons. The van der Waals surface area contributed by atoms with Gasteiger partial charge in [0.1, 0.15) is 5.41 Å². The van der Waals surface area contributed by atoms with Crippen molar-refractivity contribution in [3.63, 3.8) is 0 Å². The molecular weight excluding hydrogens is 210 g/mol. The number of rotatable bonds is 4. The summed E-state index contributed by atoms with van der Waals surface area (Å²) < 4.78 is 5.16. The first-order valence-corrected chi connectivity index (χ1v) is 6.20. The van der Waals surface area contributed by atoms with Gasteiger partial charge in [-0.05, 0) is 29.9 Å². The largest absolute Gasteiger partial charge is 0.378 e. The lowest BCUT2D eigenvalue weighted by Gasteiger charge is -2.35. The molecule has 0 unspecified atom stereocenters.